The third-order valence-corrected chi connectivity index (χ3v) is 6.12. The summed E-state index contributed by atoms with van der Waals surface area (Å²) in [7, 11) is 4.13. The minimum absolute atomic E-state index is 0.183. The van der Waals surface area contributed by atoms with E-state index >= 15 is 0 Å². The highest BCUT2D eigenvalue weighted by Gasteiger charge is 2.21. The van der Waals surface area contributed by atoms with E-state index < -0.39 is 0 Å². The van der Waals surface area contributed by atoms with Gasteiger partial charge in [0.1, 0.15) is 11.6 Å². The van der Waals surface area contributed by atoms with Gasteiger partial charge in [0.05, 0.1) is 10.5 Å². The maximum absolute atomic E-state index is 13.3. The van der Waals surface area contributed by atoms with Gasteiger partial charge in [0.2, 0.25) is 0 Å². The first kappa shape index (κ1) is 20.9. The number of para-hydroxylation sites is 1. The fraction of sp³-hybridized carbons (Fsp3) is 0.375. The number of rotatable bonds is 6. The van der Waals surface area contributed by atoms with Gasteiger partial charge < -0.3 is 15.5 Å². The molecule has 1 fully saturated rings. The summed E-state index contributed by atoms with van der Waals surface area (Å²) in [5.74, 6) is 0.571. The van der Waals surface area contributed by atoms with Crippen LogP contribution in [0, 0.1) is 5.82 Å². The molecule has 0 amide bonds. The minimum Gasteiger partial charge on any atom is -0.377 e. The largest absolute Gasteiger partial charge is 0.377 e. The summed E-state index contributed by atoms with van der Waals surface area (Å²) in [6.45, 7) is 0.710. The van der Waals surface area contributed by atoms with E-state index in [1.807, 2.05) is 6.07 Å². The maximum atomic E-state index is 13.3. The van der Waals surface area contributed by atoms with Crippen molar-refractivity contribution in [3.63, 3.8) is 0 Å². The lowest BCUT2D eigenvalue weighted by molar-refractivity contribution is 0.352. The highest BCUT2D eigenvalue weighted by molar-refractivity contribution is 6.30. The zero-order valence-corrected chi connectivity index (χ0v) is 18.2. The van der Waals surface area contributed by atoms with Gasteiger partial charge in [-0.3, -0.25) is 0 Å². The zero-order chi connectivity index (χ0) is 21.1. The molecule has 0 atom stereocenters. The van der Waals surface area contributed by atoms with Gasteiger partial charge >= 0.3 is 0 Å². The van der Waals surface area contributed by atoms with Crippen molar-refractivity contribution < 1.29 is 4.39 Å². The number of aromatic nitrogens is 1. The molecule has 0 bridgehead atoms. The van der Waals surface area contributed by atoms with Crippen LogP contribution in [0.3, 0.4) is 0 Å². The van der Waals surface area contributed by atoms with Gasteiger partial charge in [-0.15, -0.1) is 0 Å². The zero-order valence-electron chi connectivity index (χ0n) is 17.5. The standard InChI is InChI=1S/C24H28ClFN4/c1-30(2)23-14-24(29-22-6-4-3-5-19(22)23)28-18-10-8-17(9-11-18)27-15-16-7-12-21(26)20(25)13-16/h3-7,12-14,17-18,27H,8-11,15H2,1-2H3,(H,28,29). The van der Waals surface area contributed by atoms with E-state index in [9.17, 15) is 4.39 Å². The van der Waals surface area contributed by atoms with E-state index in [1.165, 1.54) is 17.1 Å². The summed E-state index contributed by atoms with van der Waals surface area (Å²) in [6, 6.07) is 16.2. The Labute approximate surface area is 182 Å². The van der Waals surface area contributed by atoms with Crippen LogP contribution in [-0.2, 0) is 6.54 Å². The van der Waals surface area contributed by atoms with Crippen molar-refractivity contribution in [2.75, 3.05) is 24.3 Å². The number of nitrogens with zero attached hydrogens (tertiary/aromatic N) is 2. The predicted octanol–water partition coefficient (Wildman–Crippen LogP) is 5.61. The predicted molar refractivity (Wildman–Crippen MR) is 124 cm³/mol. The molecule has 2 N–H and O–H groups in total. The van der Waals surface area contributed by atoms with E-state index in [-0.39, 0.29) is 10.8 Å². The first-order chi connectivity index (χ1) is 14.5. The molecule has 1 saturated carbocycles. The Kier molecular flexibility index (Phi) is 6.40. The highest BCUT2D eigenvalue weighted by atomic mass is 35.5. The molecule has 0 saturated heterocycles. The summed E-state index contributed by atoms with van der Waals surface area (Å²) < 4.78 is 13.3. The Bertz CT molecular complexity index is 1020. The quantitative estimate of drug-likeness (QED) is 0.537. The molecule has 1 heterocycles. The third-order valence-electron chi connectivity index (χ3n) is 5.83. The number of hydrogen-bond acceptors (Lipinski definition) is 4. The molecule has 158 valence electrons. The Morgan fingerprint density at radius 3 is 2.50 bits per heavy atom. The molecule has 4 nitrogen and oxygen atoms in total. The van der Waals surface area contributed by atoms with E-state index in [0.717, 1.165) is 42.6 Å². The second kappa shape index (κ2) is 9.19. The third kappa shape index (κ3) is 4.85. The van der Waals surface area contributed by atoms with Crippen molar-refractivity contribution >= 4 is 34.0 Å². The molecule has 1 aliphatic rings. The second-order valence-corrected chi connectivity index (χ2v) is 8.67. The number of hydrogen-bond donors (Lipinski definition) is 2. The average Bonchev–Trinajstić information content (AvgIpc) is 2.75. The van der Waals surface area contributed by atoms with Crippen molar-refractivity contribution in [1.82, 2.24) is 10.3 Å². The highest BCUT2D eigenvalue weighted by Crippen LogP contribution is 2.29. The molecule has 3 aromatic rings. The summed E-state index contributed by atoms with van der Waals surface area (Å²) in [5.41, 5.74) is 3.20. The Morgan fingerprint density at radius 2 is 1.77 bits per heavy atom. The molecule has 30 heavy (non-hydrogen) atoms. The van der Waals surface area contributed by atoms with Gasteiger partial charge in [0.25, 0.3) is 0 Å². The van der Waals surface area contributed by atoms with Crippen molar-refractivity contribution in [3.05, 3.63) is 64.9 Å². The van der Waals surface area contributed by atoms with Crippen LogP contribution in [0.4, 0.5) is 15.9 Å². The fourth-order valence-electron chi connectivity index (χ4n) is 4.16. The lowest BCUT2D eigenvalue weighted by Gasteiger charge is -2.30. The van der Waals surface area contributed by atoms with Crippen molar-refractivity contribution in [1.29, 1.82) is 0 Å². The number of nitrogens with one attached hydrogen (secondary N) is 2. The average molecular weight is 427 g/mol. The lowest BCUT2D eigenvalue weighted by atomic mass is 9.91. The summed E-state index contributed by atoms with van der Waals surface area (Å²) in [4.78, 5) is 6.96. The Hall–Kier alpha value is -2.37. The summed E-state index contributed by atoms with van der Waals surface area (Å²) >= 11 is 5.88. The molecule has 1 aromatic heterocycles. The number of halogens is 2. The van der Waals surface area contributed by atoms with Crippen LogP contribution in [-0.4, -0.2) is 31.2 Å². The van der Waals surface area contributed by atoms with Crippen LogP contribution < -0.4 is 15.5 Å². The molecule has 2 aromatic carbocycles. The van der Waals surface area contributed by atoms with Gasteiger partial charge in [-0.05, 0) is 49.4 Å². The molecular weight excluding hydrogens is 399 g/mol. The van der Waals surface area contributed by atoms with Gasteiger partial charge in [0, 0.05) is 49.9 Å². The second-order valence-electron chi connectivity index (χ2n) is 8.26. The van der Waals surface area contributed by atoms with Crippen LogP contribution in [0.15, 0.2) is 48.5 Å². The Morgan fingerprint density at radius 1 is 1.03 bits per heavy atom. The minimum atomic E-state index is -0.369. The molecule has 6 heteroatoms. The van der Waals surface area contributed by atoms with E-state index in [2.05, 4.69) is 53.9 Å². The van der Waals surface area contributed by atoms with Crippen LogP contribution in [0.5, 0.6) is 0 Å². The lowest BCUT2D eigenvalue weighted by Crippen LogP contribution is -2.36. The van der Waals surface area contributed by atoms with Crippen LogP contribution in [0.25, 0.3) is 10.9 Å². The first-order valence-corrected chi connectivity index (χ1v) is 10.9. The molecule has 4 rings (SSSR count). The number of fused-ring (bicyclic) bond motifs is 1. The molecule has 0 aliphatic heterocycles. The van der Waals surface area contributed by atoms with Gasteiger partial charge in [-0.1, -0.05) is 35.9 Å². The fourth-order valence-corrected chi connectivity index (χ4v) is 4.37. The smallest absolute Gasteiger partial charge is 0.141 e. The maximum Gasteiger partial charge on any atom is 0.141 e. The van der Waals surface area contributed by atoms with Crippen LogP contribution >= 0.6 is 11.6 Å². The van der Waals surface area contributed by atoms with E-state index in [1.54, 1.807) is 12.1 Å². The van der Waals surface area contributed by atoms with Crippen molar-refractivity contribution in [2.45, 2.75) is 44.3 Å². The first-order valence-electron chi connectivity index (χ1n) is 10.5. The molecule has 0 radical (unpaired) electrons. The summed E-state index contributed by atoms with van der Waals surface area (Å²) in [6.07, 6.45) is 4.38. The number of benzene rings is 2. The van der Waals surface area contributed by atoms with E-state index in [4.69, 9.17) is 16.6 Å². The van der Waals surface area contributed by atoms with Gasteiger partial charge in [-0.25, -0.2) is 9.37 Å². The molecule has 1 aliphatic carbocycles. The number of anilines is 2. The van der Waals surface area contributed by atoms with Gasteiger partial charge in [0.15, 0.2) is 0 Å². The normalized spacial score (nSPS) is 19.1. The van der Waals surface area contributed by atoms with Crippen LogP contribution in [0.2, 0.25) is 5.02 Å². The SMILES string of the molecule is CN(C)c1cc(NC2CCC(NCc3ccc(F)c(Cl)c3)CC2)nc2ccccc12. The molecular formula is C24H28ClFN4. The van der Waals surface area contributed by atoms with Crippen molar-refractivity contribution in [3.8, 4) is 0 Å². The topological polar surface area (TPSA) is 40.2 Å². The van der Waals surface area contributed by atoms with Crippen molar-refractivity contribution in [2.24, 2.45) is 0 Å². The summed E-state index contributed by atoms with van der Waals surface area (Å²) in [5, 5.41) is 8.59. The molecule has 0 unspecified atom stereocenters. The number of pyridine rings is 1. The van der Waals surface area contributed by atoms with Crippen LogP contribution in [0.1, 0.15) is 31.2 Å². The monoisotopic (exact) mass is 426 g/mol. The Balaban J connectivity index is 1.34. The van der Waals surface area contributed by atoms with E-state index in [0.29, 0.717) is 18.6 Å². The van der Waals surface area contributed by atoms with Gasteiger partial charge in [-0.2, -0.15) is 0 Å². The molecule has 0 spiro atoms.